The number of benzene rings is 1. The van der Waals surface area contributed by atoms with E-state index in [-0.39, 0.29) is 0 Å². The molecule has 0 saturated carbocycles. The van der Waals surface area contributed by atoms with Crippen LogP contribution in [0.3, 0.4) is 0 Å². The van der Waals surface area contributed by atoms with Crippen LogP contribution in [0.4, 0.5) is 5.69 Å². The van der Waals surface area contributed by atoms with Gasteiger partial charge in [0, 0.05) is 5.69 Å². The maximum Gasteiger partial charge on any atom is 0.0319 e. The van der Waals surface area contributed by atoms with Crippen molar-refractivity contribution in [1.82, 2.24) is 0 Å². The van der Waals surface area contributed by atoms with Crippen molar-refractivity contribution in [2.45, 2.75) is 53.4 Å². The molecule has 1 heteroatoms. The molecule has 15 heavy (non-hydrogen) atoms. The Hall–Kier alpha value is -0.980. The molecule has 1 aromatic carbocycles. The summed E-state index contributed by atoms with van der Waals surface area (Å²) in [5.74, 6) is 1.11. The van der Waals surface area contributed by atoms with E-state index in [0.717, 1.165) is 5.69 Å². The molecule has 0 amide bonds. The van der Waals surface area contributed by atoms with Crippen LogP contribution in [0.1, 0.15) is 64.5 Å². The Morgan fingerprint density at radius 2 is 1.13 bits per heavy atom. The van der Waals surface area contributed by atoms with Gasteiger partial charge in [0.1, 0.15) is 0 Å². The Bertz CT molecular complexity index is 261. The number of nitrogens with two attached hydrogens (primary N) is 1. The van der Waals surface area contributed by atoms with Crippen molar-refractivity contribution in [3.8, 4) is 0 Å². The van der Waals surface area contributed by atoms with Gasteiger partial charge in [0.15, 0.2) is 0 Å². The van der Waals surface area contributed by atoms with Crippen molar-refractivity contribution in [2.24, 2.45) is 0 Å². The molecule has 2 N–H and O–H groups in total. The lowest BCUT2D eigenvalue weighted by atomic mass is 9.95. The van der Waals surface area contributed by atoms with E-state index in [1.54, 1.807) is 0 Å². The molecule has 0 fully saturated rings. The lowest BCUT2D eigenvalue weighted by molar-refractivity contribution is 0.835. The maximum atomic E-state index is 5.84. The van der Waals surface area contributed by atoms with Gasteiger partial charge in [0.25, 0.3) is 0 Å². The molecule has 0 bridgehead atoms. The van der Waals surface area contributed by atoms with Crippen LogP contribution in [-0.2, 0) is 0 Å². The SMILES string of the molecule is CC.CC(C)c1cc(N)cc(C(C)C)c1. The van der Waals surface area contributed by atoms with Gasteiger partial charge in [-0.25, -0.2) is 0 Å². The summed E-state index contributed by atoms with van der Waals surface area (Å²) >= 11 is 0. The Balaban J connectivity index is 0.000000921. The summed E-state index contributed by atoms with van der Waals surface area (Å²) < 4.78 is 0. The van der Waals surface area contributed by atoms with Gasteiger partial charge in [0.05, 0.1) is 0 Å². The molecule has 0 saturated heterocycles. The Labute approximate surface area is 94.7 Å². The molecule has 0 radical (unpaired) electrons. The summed E-state index contributed by atoms with van der Waals surface area (Å²) in [5.41, 5.74) is 9.39. The van der Waals surface area contributed by atoms with Gasteiger partial charge < -0.3 is 5.73 Å². The third-order valence-electron chi connectivity index (χ3n) is 2.33. The summed E-state index contributed by atoms with van der Waals surface area (Å²) in [4.78, 5) is 0. The molecular formula is C14H25N. The van der Waals surface area contributed by atoms with Crippen LogP contribution in [-0.4, -0.2) is 0 Å². The summed E-state index contributed by atoms with van der Waals surface area (Å²) in [6.07, 6.45) is 0. The fraction of sp³-hybridized carbons (Fsp3) is 0.571. The monoisotopic (exact) mass is 207 g/mol. The van der Waals surface area contributed by atoms with E-state index in [0.29, 0.717) is 11.8 Å². The molecule has 1 aromatic rings. The van der Waals surface area contributed by atoms with Gasteiger partial charge in [0.2, 0.25) is 0 Å². The van der Waals surface area contributed by atoms with Crippen molar-refractivity contribution in [3.63, 3.8) is 0 Å². The van der Waals surface area contributed by atoms with Crippen LogP contribution in [0.15, 0.2) is 18.2 Å². The normalized spacial score (nSPS) is 10.1. The molecule has 0 aliphatic heterocycles. The molecule has 0 aromatic heterocycles. The fourth-order valence-corrected chi connectivity index (χ4v) is 1.37. The van der Waals surface area contributed by atoms with E-state index in [9.17, 15) is 0 Å². The molecule has 0 heterocycles. The number of hydrogen-bond donors (Lipinski definition) is 1. The van der Waals surface area contributed by atoms with Crippen molar-refractivity contribution >= 4 is 5.69 Å². The number of hydrogen-bond acceptors (Lipinski definition) is 1. The van der Waals surface area contributed by atoms with E-state index in [4.69, 9.17) is 5.73 Å². The molecular weight excluding hydrogens is 182 g/mol. The third-order valence-corrected chi connectivity index (χ3v) is 2.33. The molecule has 0 spiro atoms. The Morgan fingerprint density at radius 3 is 1.40 bits per heavy atom. The van der Waals surface area contributed by atoms with Gasteiger partial charge in [-0.2, -0.15) is 0 Å². The van der Waals surface area contributed by atoms with Crippen molar-refractivity contribution in [2.75, 3.05) is 5.73 Å². The summed E-state index contributed by atoms with van der Waals surface area (Å²) in [5, 5.41) is 0. The van der Waals surface area contributed by atoms with Crippen LogP contribution >= 0.6 is 0 Å². The number of anilines is 1. The van der Waals surface area contributed by atoms with Crippen LogP contribution in [0.25, 0.3) is 0 Å². The van der Waals surface area contributed by atoms with E-state index in [1.807, 2.05) is 13.8 Å². The second-order valence-electron chi connectivity index (χ2n) is 4.24. The van der Waals surface area contributed by atoms with Gasteiger partial charge in [-0.3, -0.25) is 0 Å². The van der Waals surface area contributed by atoms with Gasteiger partial charge in [-0.15, -0.1) is 0 Å². The van der Waals surface area contributed by atoms with E-state index < -0.39 is 0 Å². The van der Waals surface area contributed by atoms with Crippen molar-refractivity contribution in [3.05, 3.63) is 29.3 Å². The molecule has 1 nitrogen and oxygen atoms in total. The fourth-order valence-electron chi connectivity index (χ4n) is 1.37. The molecule has 0 unspecified atom stereocenters. The van der Waals surface area contributed by atoms with Crippen molar-refractivity contribution in [1.29, 1.82) is 0 Å². The Kier molecular flexibility index (Phi) is 6.07. The zero-order valence-corrected chi connectivity index (χ0v) is 11.0. The highest BCUT2D eigenvalue weighted by molar-refractivity contribution is 5.46. The standard InChI is InChI=1S/C12H19N.C2H6/c1-8(2)10-5-11(9(3)4)7-12(13)6-10;1-2/h5-9H,13H2,1-4H3;1-2H3. The van der Waals surface area contributed by atoms with Crippen LogP contribution in [0, 0.1) is 0 Å². The van der Waals surface area contributed by atoms with Crippen LogP contribution < -0.4 is 5.73 Å². The van der Waals surface area contributed by atoms with Gasteiger partial charge >= 0.3 is 0 Å². The summed E-state index contributed by atoms with van der Waals surface area (Å²) in [7, 11) is 0. The number of rotatable bonds is 2. The maximum absolute atomic E-state index is 5.84. The van der Waals surface area contributed by atoms with E-state index in [2.05, 4.69) is 45.9 Å². The largest absolute Gasteiger partial charge is 0.399 e. The molecule has 0 aliphatic rings. The smallest absolute Gasteiger partial charge is 0.0319 e. The lowest BCUT2D eigenvalue weighted by Crippen LogP contribution is -1.96. The highest BCUT2D eigenvalue weighted by atomic mass is 14.5. The van der Waals surface area contributed by atoms with E-state index >= 15 is 0 Å². The predicted octanol–water partition coefficient (Wildman–Crippen LogP) is 4.54. The summed E-state index contributed by atoms with van der Waals surface area (Å²) in [6, 6.07) is 6.39. The average molecular weight is 207 g/mol. The first-order valence-electron chi connectivity index (χ1n) is 5.91. The minimum atomic E-state index is 0.556. The molecule has 1 rings (SSSR count). The number of nitrogen functional groups attached to an aromatic ring is 1. The van der Waals surface area contributed by atoms with Gasteiger partial charge in [-0.1, -0.05) is 47.6 Å². The minimum Gasteiger partial charge on any atom is -0.399 e. The molecule has 86 valence electrons. The first-order valence-corrected chi connectivity index (χ1v) is 5.91. The highest BCUT2D eigenvalue weighted by Gasteiger charge is 2.05. The quantitative estimate of drug-likeness (QED) is 0.708. The minimum absolute atomic E-state index is 0.556. The molecule has 0 aliphatic carbocycles. The second-order valence-corrected chi connectivity index (χ2v) is 4.24. The zero-order valence-electron chi connectivity index (χ0n) is 11.0. The highest BCUT2D eigenvalue weighted by Crippen LogP contribution is 2.24. The summed E-state index contributed by atoms with van der Waals surface area (Å²) in [6.45, 7) is 12.8. The predicted molar refractivity (Wildman–Crippen MR) is 70.4 cm³/mol. The first kappa shape index (κ1) is 14.0. The van der Waals surface area contributed by atoms with E-state index in [1.165, 1.54) is 11.1 Å². The van der Waals surface area contributed by atoms with Crippen molar-refractivity contribution < 1.29 is 0 Å². The lowest BCUT2D eigenvalue weighted by Gasteiger charge is -2.12. The zero-order chi connectivity index (χ0) is 12.0. The topological polar surface area (TPSA) is 26.0 Å². The van der Waals surface area contributed by atoms with Gasteiger partial charge in [-0.05, 0) is 35.1 Å². The molecule has 0 atom stereocenters. The average Bonchev–Trinajstić information content (AvgIpc) is 2.19. The van der Waals surface area contributed by atoms with Crippen LogP contribution in [0.5, 0.6) is 0 Å². The third kappa shape index (κ3) is 4.37. The second kappa shape index (κ2) is 6.49. The first-order chi connectivity index (χ1) is 7.00. The Morgan fingerprint density at radius 1 is 0.800 bits per heavy atom. The van der Waals surface area contributed by atoms with Crippen LogP contribution in [0.2, 0.25) is 0 Å².